The molecule has 0 unspecified atom stereocenters. The molecule has 0 aromatic carbocycles. The van der Waals surface area contributed by atoms with Crippen molar-refractivity contribution in [2.75, 3.05) is 31.7 Å². The maximum atomic E-state index is 13.3. The van der Waals surface area contributed by atoms with Gasteiger partial charge < -0.3 is 53.6 Å². The number of carbonyl (C=O) groups is 7. The van der Waals surface area contributed by atoms with E-state index in [1.165, 1.54) is 14.0 Å². The van der Waals surface area contributed by atoms with Crippen LogP contribution in [0.2, 0.25) is 0 Å². The predicted molar refractivity (Wildman–Crippen MR) is 155 cm³/mol. The van der Waals surface area contributed by atoms with E-state index in [2.05, 4.69) is 31.9 Å². The van der Waals surface area contributed by atoms with Crippen LogP contribution in [0.3, 0.4) is 0 Å². The molecule has 0 aromatic heterocycles. The monoisotopic (exact) mass is 636 g/mol. The minimum atomic E-state index is -1.69. The molecule has 12 N–H and O–H groups in total. The van der Waals surface area contributed by atoms with Gasteiger partial charge in [-0.05, 0) is 32.7 Å². The van der Waals surface area contributed by atoms with Crippen LogP contribution in [0.1, 0.15) is 32.6 Å². The first-order valence-electron chi connectivity index (χ1n) is 13.1. The van der Waals surface area contributed by atoms with Gasteiger partial charge in [0.2, 0.25) is 35.4 Å². The van der Waals surface area contributed by atoms with Crippen molar-refractivity contribution in [2.24, 2.45) is 11.5 Å². The van der Waals surface area contributed by atoms with Gasteiger partial charge in [-0.15, -0.1) is 0 Å². The number of hydrogen-bond acceptors (Lipinski definition) is 12. The van der Waals surface area contributed by atoms with Crippen LogP contribution in [-0.2, 0) is 33.6 Å². The van der Waals surface area contributed by atoms with Crippen molar-refractivity contribution < 1.29 is 43.8 Å². The van der Waals surface area contributed by atoms with Crippen LogP contribution in [0.15, 0.2) is 0 Å². The molecule has 0 radical (unpaired) electrons. The molecule has 0 aliphatic carbocycles. The molecule has 17 nitrogen and oxygen atoms in total. The Bertz CT molecular complexity index is 990. The van der Waals surface area contributed by atoms with Crippen LogP contribution in [0.5, 0.6) is 0 Å². The van der Waals surface area contributed by atoms with Gasteiger partial charge in [-0.3, -0.25) is 33.6 Å². The highest BCUT2D eigenvalue weighted by Crippen LogP contribution is 2.23. The molecule has 19 heteroatoms. The molecule has 1 fully saturated rings. The number of carbonyl (C=O) groups excluding carboxylic acids is 6. The quantitative estimate of drug-likeness (QED) is 0.0800. The third-order valence-electron chi connectivity index (χ3n) is 5.94. The van der Waals surface area contributed by atoms with E-state index in [0.29, 0.717) is 19.4 Å². The molecule has 1 aliphatic heterocycles. The minimum Gasteiger partial charge on any atom is -0.481 e. The largest absolute Gasteiger partial charge is 0.481 e. The van der Waals surface area contributed by atoms with Crippen molar-refractivity contribution in [1.82, 2.24) is 31.9 Å². The summed E-state index contributed by atoms with van der Waals surface area (Å²) >= 11 is 0. The number of rotatable bonds is 10. The first-order chi connectivity index (χ1) is 19.8. The average Bonchev–Trinajstić information content (AvgIpc) is 2.94. The van der Waals surface area contributed by atoms with Crippen molar-refractivity contribution in [1.29, 1.82) is 0 Å². The number of aliphatic hydroxyl groups excluding tert-OH is 1. The Hall–Kier alpha value is -3.13. The fourth-order valence-electron chi connectivity index (χ4n) is 3.53. The molecular weight excluding hydrogens is 596 g/mol. The summed E-state index contributed by atoms with van der Waals surface area (Å²) in [5.41, 5.74) is 11.4. The van der Waals surface area contributed by atoms with Crippen molar-refractivity contribution in [3.63, 3.8) is 0 Å². The van der Waals surface area contributed by atoms with E-state index in [-0.39, 0.29) is 17.9 Å². The Labute approximate surface area is 250 Å². The fraction of sp³-hybridized carbons (Fsp3) is 0.696. The number of carboxylic acid groups (broad SMARTS) is 1. The number of carboxylic acids is 1. The second-order valence-corrected chi connectivity index (χ2v) is 11.9. The summed E-state index contributed by atoms with van der Waals surface area (Å²) < 4.78 is 0. The summed E-state index contributed by atoms with van der Waals surface area (Å²) in [7, 11) is 3.59. The second-order valence-electron chi connectivity index (χ2n) is 9.33. The molecule has 1 heterocycles. The summed E-state index contributed by atoms with van der Waals surface area (Å²) in [4.78, 5) is 88.1. The van der Waals surface area contributed by atoms with Crippen molar-refractivity contribution in [3.05, 3.63) is 0 Å². The number of nitrogens with two attached hydrogens (primary N) is 2. The zero-order valence-corrected chi connectivity index (χ0v) is 25.0. The Balaban J connectivity index is 3.38. The zero-order chi connectivity index (χ0) is 31.8. The molecule has 42 heavy (non-hydrogen) atoms. The van der Waals surface area contributed by atoms with Gasteiger partial charge in [-0.2, -0.15) is 0 Å². The van der Waals surface area contributed by atoms with Crippen LogP contribution in [0.25, 0.3) is 0 Å². The SMILES string of the molecule is CNC(=O)[C@H](C)NC(=O)[C@@H]1CSSC[C@H](N)C(=O)N[C@@H](CO)C(=O)N[C@@H](CC(=O)O)C(=O)N[C@@H](CCCCN)C(=O)N1. The topological polar surface area (TPSA) is 284 Å². The van der Waals surface area contributed by atoms with E-state index in [9.17, 15) is 43.8 Å². The van der Waals surface area contributed by atoms with Gasteiger partial charge in [0.1, 0.15) is 30.2 Å². The predicted octanol–water partition coefficient (Wildman–Crippen LogP) is -4.51. The number of nitrogens with one attached hydrogen (secondary N) is 6. The highest BCUT2D eigenvalue weighted by Gasteiger charge is 2.33. The normalized spacial score (nSPS) is 25.5. The molecule has 1 rings (SSSR count). The standard InChI is InChI=1S/C23H40N8O9S2/c1-11(18(35)26-2)27-23(40)16-10-42-41-9-12(25)19(36)30-15(8-32)22(39)29-14(7-17(33)34)21(38)28-13(20(37)31-16)5-3-4-6-24/h11-16,32H,3-10,24-25H2,1-2H3,(H,26,35)(H,27,40)(H,28,38)(H,29,39)(H,30,36)(H,31,37)(H,33,34)/t11-,12-,13-,14-,15-,16-/m0/s1. The van der Waals surface area contributed by atoms with Gasteiger partial charge in [0.25, 0.3) is 0 Å². The maximum Gasteiger partial charge on any atom is 0.305 e. The van der Waals surface area contributed by atoms with Gasteiger partial charge in [0.05, 0.1) is 19.1 Å². The van der Waals surface area contributed by atoms with Crippen LogP contribution in [0, 0.1) is 0 Å². The molecule has 0 saturated carbocycles. The van der Waals surface area contributed by atoms with Gasteiger partial charge >= 0.3 is 5.97 Å². The number of unbranched alkanes of at least 4 members (excludes halogenated alkanes) is 1. The second kappa shape index (κ2) is 19.1. The number of hydrogen-bond donors (Lipinski definition) is 10. The zero-order valence-electron chi connectivity index (χ0n) is 23.3. The molecule has 0 aromatic rings. The Morgan fingerprint density at radius 2 is 1.50 bits per heavy atom. The number of likely N-dealkylation sites (N-methyl/N-ethyl adjacent to an activating group) is 1. The number of amides is 6. The molecule has 1 saturated heterocycles. The maximum absolute atomic E-state index is 13.3. The first-order valence-corrected chi connectivity index (χ1v) is 15.6. The lowest BCUT2D eigenvalue weighted by atomic mass is 10.1. The smallest absolute Gasteiger partial charge is 0.305 e. The van der Waals surface area contributed by atoms with E-state index in [0.717, 1.165) is 21.6 Å². The Morgan fingerprint density at radius 1 is 0.929 bits per heavy atom. The average molecular weight is 637 g/mol. The third-order valence-corrected chi connectivity index (χ3v) is 8.39. The number of aliphatic carboxylic acids is 1. The van der Waals surface area contributed by atoms with Gasteiger partial charge in [0.15, 0.2) is 0 Å². The lowest BCUT2D eigenvalue weighted by molar-refractivity contribution is -0.141. The summed E-state index contributed by atoms with van der Waals surface area (Å²) in [6, 6.07) is -7.75. The Kier molecular flexibility index (Phi) is 16.8. The van der Waals surface area contributed by atoms with Crippen LogP contribution in [0.4, 0.5) is 0 Å². The van der Waals surface area contributed by atoms with Gasteiger partial charge in [-0.1, -0.05) is 21.6 Å². The minimum absolute atomic E-state index is 0.0105. The van der Waals surface area contributed by atoms with Crippen LogP contribution in [-0.4, -0.2) is 120 Å². The molecule has 0 bridgehead atoms. The first kappa shape index (κ1) is 36.9. The van der Waals surface area contributed by atoms with Gasteiger partial charge in [0, 0.05) is 18.6 Å². The lowest BCUT2D eigenvalue weighted by Crippen LogP contribution is -2.60. The highest BCUT2D eigenvalue weighted by molar-refractivity contribution is 8.76. The van der Waals surface area contributed by atoms with E-state index in [4.69, 9.17) is 11.5 Å². The third kappa shape index (κ3) is 12.8. The van der Waals surface area contributed by atoms with E-state index in [1.54, 1.807) is 0 Å². The summed E-state index contributed by atoms with van der Waals surface area (Å²) in [6.45, 7) is 0.874. The molecule has 6 atom stereocenters. The lowest BCUT2D eigenvalue weighted by Gasteiger charge is -2.26. The number of aliphatic hydroxyl groups is 1. The van der Waals surface area contributed by atoms with Crippen LogP contribution >= 0.6 is 21.6 Å². The van der Waals surface area contributed by atoms with E-state index in [1.807, 2.05) is 0 Å². The van der Waals surface area contributed by atoms with Crippen molar-refractivity contribution in [2.45, 2.75) is 68.9 Å². The highest BCUT2D eigenvalue weighted by atomic mass is 33.1. The Morgan fingerprint density at radius 3 is 2.10 bits per heavy atom. The fourth-order valence-corrected chi connectivity index (χ4v) is 5.81. The molecular formula is C23H40N8O9S2. The van der Waals surface area contributed by atoms with E-state index < -0.39 is 90.7 Å². The van der Waals surface area contributed by atoms with E-state index >= 15 is 0 Å². The van der Waals surface area contributed by atoms with Gasteiger partial charge in [-0.25, -0.2) is 0 Å². The summed E-state index contributed by atoms with van der Waals surface area (Å²) in [5.74, 6) is -6.28. The van der Waals surface area contributed by atoms with Crippen molar-refractivity contribution in [3.8, 4) is 0 Å². The van der Waals surface area contributed by atoms with Crippen molar-refractivity contribution >= 4 is 63.0 Å². The summed E-state index contributed by atoms with van der Waals surface area (Å²) in [5, 5.41) is 33.3. The molecule has 0 spiro atoms. The molecule has 6 amide bonds. The molecule has 238 valence electrons. The van der Waals surface area contributed by atoms with Crippen LogP contribution < -0.4 is 43.4 Å². The molecule has 1 aliphatic rings. The summed E-state index contributed by atoms with van der Waals surface area (Å²) in [6.07, 6.45) is 0.0667.